The number of piperidine rings is 1. The molecule has 31 heavy (non-hydrogen) atoms. The first-order valence-electron chi connectivity index (χ1n) is 11.7. The first-order chi connectivity index (χ1) is 15.2. The Bertz CT molecular complexity index is 880. The van der Waals surface area contributed by atoms with E-state index in [9.17, 15) is 5.11 Å². The minimum atomic E-state index is 0.265. The number of aliphatic hydroxyl groups excluding tert-OH is 1. The molecule has 0 bridgehead atoms. The van der Waals surface area contributed by atoms with Gasteiger partial charge in [0.25, 0.3) is 0 Å². The van der Waals surface area contributed by atoms with Crippen molar-refractivity contribution in [3.8, 4) is 11.8 Å². The first-order valence-corrected chi connectivity index (χ1v) is 11.7. The molecule has 2 saturated heterocycles. The molecule has 164 valence electrons. The van der Waals surface area contributed by atoms with E-state index >= 15 is 0 Å². The Morgan fingerprint density at radius 1 is 0.903 bits per heavy atom. The van der Waals surface area contributed by atoms with Crippen LogP contribution in [0.25, 0.3) is 0 Å². The molecule has 4 nitrogen and oxygen atoms in total. The van der Waals surface area contributed by atoms with E-state index in [4.69, 9.17) is 0 Å². The summed E-state index contributed by atoms with van der Waals surface area (Å²) in [5, 5.41) is 9.70. The molecule has 0 amide bonds. The molecular formula is C27H35N3O. The molecule has 0 radical (unpaired) electrons. The lowest BCUT2D eigenvalue weighted by molar-refractivity contribution is 0.00598. The lowest BCUT2D eigenvalue weighted by Crippen LogP contribution is -2.58. The van der Waals surface area contributed by atoms with Crippen LogP contribution in [0, 0.1) is 11.8 Å². The number of benzene rings is 2. The van der Waals surface area contributed by atoms with Crippen LogP contribution in [0.15, 0.2) is 54.6 Å². The maximum atomic E-state index is 9.70. The molecule has 0 aromatic heterocycles. The predicted octanol–water partition coefficient (Wildman–Crippen LogP) is 3.05. The molecule has 2 heterocycles. The Labute approximate surface area is 187 Å². The van der Waals surface area contributed by atoms with Crippen molar-refractivity contribution < 1.29 is 5.11 Å². The zero-order chi connectivity index (χ0) is 21.5. The molecule has 4 rings (SSSR count). The number of hydrogen-bond donors (Lipinski definition) is 1. The number of rotatable bonds is 5. The Kier molecular flexibility index (Phi) is 7.77. The van der Waals surface area contributed by atoms with E-state index in [-0.39, 0.29) is 6.61 Å². The van der Waals surface area contributed by atoms with Crippen molar-refractivity contribution in [1.82, 2.24) is 14.7 Å². The van der Waals surface area contributed by atoms with E-state index in [1.165, 1.54) is 31.5 Å². The van der Waals surface area contributed by atoms with Crippen molar-refractivity contribution in [2.45, 2.75) is 37.9 Å². The van der Waals surface area contributed by atoms with Crippen molar-refractivity contribution in [2.24, 2.45) is 0 Å². The average molecular weight is 418 g/mol. The van der Waals surface area contributed by atoms with E-state index in [0.29, 0.717) is 12.1 Å². The normalized spacial score (nSPS) is 21.5. The quantitative estimate of drug-likeness (QED) is 0.758. The Morgan fingerprint density at radius 3 is 2.42 bits per heavy atom. The maximum Gasteiger partial charge on any atom is 0.0446 e. The number of piperazine rings is 1. The van der Waals surface area contributed by atoms with Gasteiger partial charge in [0.15, 0.2) is 0 Å². The van der Waals surface area contributed by atoms with Crippen molar-refractivity contribution in [2.75, 3.05) is 46.4 Å². The summed E-state index contributed by atoms with van der Waals surface area (Å²) in [6.45, 7) is 6.75. The van der Waals surface area contributed by atoms with E-state index in [1.54, 1.807) is 0 Å². The number of nitrogens with zero attached hydrogens (tertiary/aromatic N) is 3. The summed E-state index contributed by atoms with van der Waals surface area (Å²) >= 11 is 0. The van der Waals surface area contributed by atoms with E-state index < -0.39 is 0 Å². The Balaban J connectivity index is 1.43. The minimum Gasteiger partial charge on any atom is -0.396 e. The summed E-state index contributed by atoms with van der Waals surface area (Å²) in [4.78, 5) is 7.68. The van der Waals surface area contributed by atoms with E-state index in [0.717, 1.165) is 43.7 Å². The van der Waals surface area contributed by atoms with Gasteiger partial charge in [-0.3, -0.25) is 9.80 Å². The van der Waals surface area contributed by atoms with Crippen LogP contribution in [0.3, 0.4) is 0 Å². The fourth-order valence-electron chi connectivity index (χ4n) is 4.97. The molecule has 4 heteroatoms. The second kappa shape index (κ2) is 10.9. The van der Waals surface area contributed by atoms with Gasteiger partial charge in [0.2, 0.25) is 0 Å². The highest BCUT2D eigenvalue weighted by Gasteiger charge is 2.33. The summed E-state index contributed by atoms with van der Waals surface area (Å²) in [5.41, 5.74) is 3.45. The van der Waals surface area contributed by atoms with Crippen molar-refractivity contribution in [3.05, 3.63) is 71.3 Å². The van der Waals surface area contributed by atoms with Gasteiger partial charge in [-0.15, -0.1) is 0 Å². The van der Waals surface area contributed by atoms with Gasteiger partial charge in [-0.05, 0) is 63.2 Å². The summed E-state index contributed by atoms with van der Waals surface area (Å²) in [6, 6.07) is 19.8. The standard InChI is InChI=1S/C27H35N3O/c1-28-16-13-26(14-17-28)30-19-18-29(22-27(30)15-20-31)21-25-10-6-5-9-24(25)12-11-23-7-3-2-4-8-23/h2-10,26-27,31H,13-22H2,1H3/t27-/m1/s1. The average Bonchev–Trinajstić information content (AvgIpc) is 2.80. The molecule has 0 saturated carbocycles. The van der Waals surface area contributed by atoms with Gasteiger partial charge in [-0.2, -0.15) is 0 Å². The van der Waals surface area contributed by atoms with Crippen LogP contribution in [-0.4, -0.2) is 78.3 Å². The van der Waals surface area contributed by atoms with Crippen LogP contribution >= 0.6 is 0 Å². The van der Waals surface area contributed by atoms with Gasteiger partial charge in [0.1, 0.15) is 0 Å². The number of hydrogen-bond acceptors (Lipinski definition) is 4. The van der Waals surface area contributed by atoms with Crippen LogP contribution < -0.4 is 0 Å². The molecule has 0 aliphatic carbocycles. The molecular weight excluding hydrogens is 382 g/mol. The minimum absolute atomic E-state index is 0.265. The largest absolute Gasteiger partial charge is 0.396 e. The monoisotopic (exact) mass is 417 g/mol. The fraction of sp³-hybridized carbons (Fsp3) is 0.481. The molecule has 1 N–H and O–H groups in total. The summed E-state index contributed by atoms with van der Waals surface area (Å²) in [7, 11) is 2.22. The zero-order valence-corrected chi connectivity index (χ0v) is 18.7. The highest BCUT2D eigenvalue weighted by Crippen LogP contribution is 2.24. The molecule has 2 aromatic rings. The van der Waals surface area contributed by atoms with Crippen LogP contribution in [0.1, 0.15) is 36.0 Å². The second-order valence-corrected chi connectivity index (χ2v) is 8.95. The van der Waals surface area contributed by atoms with Gasteiger partial charge < -0.3 is 10.0 Å². The third kappa shape index (κ3) is 5.96. The maximum absolute atomic E-state index is 9.70. The van der Waals surface area contributed by atoms with Gasteiger partial charge in [-0.25, -0.2) is 0 Å². The number of aliphatic hydroxyl groups is 1. The topological polar surface area (TPSA) is 30.0 Å². The molecule has 0 spiro atoms. The fourth-order valence-corrected chi connectivity index (χ4v) is 4.97. The molecule has 2 aliphatic heterocycles. The van der Waals surface area contributed by atoms with Crippen molar-refractivity contribution >= 4 is 0 Å². The molecule has 2 aromatic carbocycles. The predicted molar refractivity (Wildman–Crippen MR) is 127 cm³/mol. The van der Waals surface area contributed by atoms with Crippen molar-refractivity contribution in [1.29, 1.82) is 0 Å². The third-order valence-electron chi connectivity index (χ3n) is 6.76. The SMILES string of the molecule is CN1CCC(N2CCN(Cc3ccccc3C#Cc3ccccc3)C[C@H]2CCO)CC1. The molecule has 2 aliphatic rings. The highest BCUT2D eigenvalue weighted by molar-refractivity contribution is 5.46. The number of likely N-dealkylation sites (tertiary alicyclic amines) is 1. The zero-order valence-electron chi connectivity index (χ0n) is 18.7. The van der Waals surface area contributed by atoms with Crippen LogP contribution in [0.2, 0.25) is 0 Å². The van der Waals surface area contributed by atoms with Crippen LogP contribution in [0.5, 0.6) is 0 Å². The van der Waals surface area contributed by atoms with Crippen LogP contribution in [0.4, 0.5) is 0 Å². The van der Waals surface area contributed by atoms with Crippen LogP contribution in [-0.2, 0) is 6.54 Å². The van der Waals surface area contributed by atoms with Crippen molar-refractivity contribution in [3.63, 3.8) is 0 Å². The summed E-state index contributed by atoms with van der Waals surface area (Å²) in [5.74, 6) is 6.70. The van der Waals surface area contributed by atoms with E-state index in [1.807, 2.05) is 18.2 Å². The Morgan fingerprint density at radius 2 is 1.65 bits per heavy atom. The molecule has 2 fully saturated rings. The smallest absolute Gasteiger partial charge is 0.0446 e. The van der Waals surface area contributed by atoms with Gasteiger partial charge in [-0.1, -0.05) is 48.2 Å². The Hall–Kier alpha value is -2.16. The van der Waals surface area contributed by atoms with Gasteiger partial charge in [0, 0.05) is 56.0 Å². The summed E-state index contributed by atoms with van der Waals surface area (Å²) < 4.78 is 0. The first kappa shape index (κ1) is 22.0. The van der Waals surface area contributed by atoms with E-state index in [2.05, 4.69) is 70.0 Å². The lowest BCUT2D eigenvalue weighted by atomic mass is 9.98. The molecule has 1 atom stereocenters. The lowest BCUT2D eigenvalue weighted by Gasteiger charge is -2.47. The third-order valence-corrected chi connectivity index (χ3v) is 6.76. The van der Waals surface area contributed by atoms with Gasteiger partial charge >= 0.3 is 0 Å². The molecule has 0 unspecified atom stereocenters. The summed E-state index contributed by atoms with van der Waals surface area (Å²) in [6.07, 6.45) is 3.35. The highest BCUT2D eigenvalue weighted by atomic mass is 16.3. The second-order valence-electron chi connectivity index (χ2n) is 8.95. The van der Waals surface area contributed by atoms with Gasteiger partial charge in [0.05, 0.1) is 0 Å².